The maximum atomic E-state index is 14.3. The minimum Gasteiger partial charge on any atom is -0.459 e. The van der Waals surface area contributed by atoms with Crippen molar-refractivity contribution >= 4 is 11.8 Å². The van der Waals surface area contributed by atoms with Crippen LogP contribution in [-0.4, -0.2) is 151 Å². The number of ketones is 1. The maximum Gasteiger partial charge on any atom is 0.311 e. The molecule has 3 rings (SSSR count). The number of methoxy groups -OCH3 is 2. The lowest BCUT2D eigenvalue weighted by atomic mass is 9.74. The smallest absolute Gasteiger partial charge is 0.311 e. The Morgan fingerprint density at radius 1 is 0.909 bits per heavy atom. The molecular formula is C41H73NO13. The fraction of sp³-hybridized carbons (Fsp3) is 0.902. The molecule has 320 valence electrons. The molecule has 0 spiro atoms. The Morgan fingerprint density at radius 3 is 2.05 bits per heavy atom. The number of carbonyl (C=O) groups excluding carboxylic acids is 2. The molecule has 0 aromatic rings. The molecular weight excluding hydrogens is 714 g/mol. The number of nitrogens with zero attached hydrogens (tertiary/aromatic N) is 1. The second kappa shape index (κ2) is 19.5. The van der Waals surface area contributed by atoms with Crippen LogP contribution in [0.3, 0.4) is 0 Å². The fourth-order valence-corrected chi connectivity index (χ4v) is 9.06. The van der Waals surface area contributed by atoms with Crippen LogP contribution in [0, 0.1) is 23.7 Å². The van der Waals surface area contributed by atoms with E-state index in [1.165, 1.54) is 14.0 Å². The normalized spacial score (nSPS) is 46.9. The monoisotopic (exact) mass is 788 g/mol. The van der Waals surface area contributed by atoms with Gasteiger partial charge in [-0.15, -0.1) is 6.58 Å². The molecule has 0 amide bonds. The first-order valence-corrected chi connectivity index (χ1v) is 20.0. The summed E-state index contributed by atoms with van der Waals surface area (Å²) in [6.07, 6.45) is -6.12. The van der Waals surface area contributed by atoms with Gasteiger partial charge in [0.15, 0.2) is 12.6 Å². The molecule has 3 fully saturated rings. The predicted molar refractivity (Wildman–Crippen MR) is 205 cm³/mol. The van der Waals surface area contributed by atoms with Crippen LogP contribution < -0.4 is 0 Å². The van der Waals surface area contributed by atoms with Crippen molar-refractivity contribution in [3.05, 3.63) is 12.7 Å². The number of carbonyl (C=O) groups is 2. The third-order valence-electron chi connectivity index (χ3n) is 12.6. The molecule has 3 saturated heterocycles. The van der Waals surface area contributed by atoms with Crippen molar-refractivity contribution in [3.8, 4) is 0 Å². The molecule has 0 aliphatic carbocycles. The molecule has 0 saturated carbocycles. The van der Waals surface area contributed by atoms with Crippen LogP contribution in [0.15, 0.2) is 12.7 Å². The lowest BCUT2D eigenvalue weighted by Gasteiger charge is -2.50. The molecule has 0 bridgehead atoms. The maximum absolute atomic E-state index is 14.3. The molecule has 14 nitrogen and oxygen atoms in total. The fourth-order valence-electron chi connectivity index (χ4n) is 9.06. The van der Waals surface area contributed by atoms with Crippen LogP contribution in [0.25, 0.3) is 0 Å². The van der Waals surface area contributed by atoms with Gasteiger partial charge in [-0.25, -0.2) is 0 Å². The van der Waals surface area contributed by atoms with E-state index in [2.05, 4.69) is 6.58 Å². The standard InChI is InChI=1S/C41H73NO13/c1-16-18-50-36-27(8)52-30(21-40(36,10)49-15)54-33-25(6)35(55-38-32(44)28(42(12)13)19-23(4)51-38)39(9,48-14)20-22(3)31(43)24(5)34(45)41(11,47)29(17-2)53-37(46)26(33)7/h16,22-30,32-36,38,44-45,47H,1,17-21H2,2-15H3/t22-,23-,24-,25+,26-,27+,28+,29-,30+,32-,33+,34?,35-,36+,38+,39-,40-,41-/m1/s1. The first-order chi connectivity index (χ1) is 25.5. The van der Waals surface area contributed by atoms with Crippen LogP contribution >= 0.6 is 0 Å². The number of likely N-dealkylation sites (N-methyl/N-ethyl adjacent to an activating group) is 1. The Hall–Kier alpha value is -1.56. The van der Waals surface area contributed by atoms with Gasteiger partial charge >= 0.3 is 5.97 Å². The molecule has 0 aromatic carbocycles. The summed E-state index contributed by atoms with van der Waals surface area (Å²) in [4.78, 5) is 30.3. The highest BCUT2D eigenvalue weighted by Gasteiger charge is 2.54. The summed E-state index contributed by atoms with van der Waals surface area (Å²) in [6.45, 7) is 21.6. The Labute approximate surface area is 329 Å². The quantitative estimate of drug-likeness (QED) is 0.205. The van der Waals surface area contributed by atoms with Crippen LogP contribution in [-0.2, 0) is 47.5 Å². The SMILES string of the molecule is C=CCO[C@H]1[C@H](C)O[C@@H](O[C@H]2[C@H](C)[C@@H](O[C@@H]3O[C@H](C)C[C@H](N(C)C)[C@H]3O)[C@](C)(OC)C[C@@H](C)C(=O)[C@@H](C)C(O)[C@](C)(O)[C@@H](CC)OC(=O)[C@@H]2C)C[C@@]1(C)OC. The second-order valence-corrected chi connectivity index (χ2v) is 17.2. The average Bonchev–Trinajstić information content (AvgIpc) is 3.13. The molecule has 3 aliphatic rings. The first-order valence-electron chi connectivity index (χ1n) is 20.0. The summed E-state index contributed by atoms with van der Waals surface area (Å²) in [5.41, 5.74) is -4.05. The van der Waals surface area contributed by atoms with Gasteiger partial charge in [-0.1, -0.05) is 33.8 Å². The van der Waals surface area contributed by atoms with Gasteiger partial charge in [0.1, 0.15) is 29.7 Å². The van der Waals surface area contributed by atoms with Crippen molar-refractivity contribution in [2.24, 2.45) is 23.7 Å². The number of cyclic esters (lactones) is 1. The van der Waals surface area contributed by atoms with Gasteiger partial charge in [-0.2, -0.15) is 0 Å². The van der Waals surface area contributed by atoms with Gasteiger partial charge in [0, 0.05) is 44.4 Å². The summed E-state index contributed by atoms with van der Waals surface area (Å²) in [5, 5.41) is 34.8. The summed E-state index contributed by atoms with van der Waals surface area (Å²) < 4.78 is 50.9. The lowest BCUT2D eigenvalue weighted by Crippen LogP contribution is -2.61. The number of Topliss-reactive ketones (excluding diaryl/α,β-unsaturated/α-hetero) is 1. The van der Waals surface area contributed by atoms with Gasteiger partial charge in [0.2, 0.25) is 0 Å². The highest BCUT2D eigenvalue weighted by molar-refractivity contribution is 5.83. The van der Waals surface area contributed by atoms with Crippen LogP contribution in [0.1, 0.15) is 94.9 Å². The number of esters is 1. The van der Waals surface area contributed by atoms with Gasteiger partial charge in [-0.05, 0) is 74.9 Å². The molecule has 0 radical (unpaired) electrons. The molecule has 3 N–H and O–H groups in total. The number of hydrogen-bond acceptors (Lipinski definition) is 14. The second-order valence-electron chi connectivity index (χ2n) is 17.2. The van der Waals surface area contributed by atoms with Gasteiger partial charge < -0.3 is 58.1 Å². The van der Waals surface area contributed by atoms with Crippen LogP contribution in [0.5, 0.6) is 0 Å². The third-order valence-corrected chi connectivity index (χ3v) is 12.6. The zero-order valence-electron chi connectivity index (χ0n) is 35.9. The van der Waals surface area contributed by atoms with Gasteiger partial charge in [0.25, 0.3) is 0 Å². The summed E-state index contributed by atoms with van der Waals surface area (Å²) in [6, 6.07) is -0.279. The van der Waals surface area contributed by atoms with E-state index in [9.17, 15) is 24.9 Å². The van der Waals surface area contributed by atoms with Crippen molar-refractivity contribution < 1.29 is 62.8 Å². The highest BCUT2D eigenvalue weighted by Crippen LogP contribution is 2.42. The zero-order chi connectivity index (χ0) is 41.8. The van der Waals surface area contributed by atoms with Crippen molar-refractivity contribution in [2.75, 3.05) is 34.9 Å². The van der Waals surface area contributed by atoms with Crippen LogP contribution in [0.2, 0.25) is 0 Å². The van der Waals surface area contributed by atoms with E-state index in [0.717, 1.165) is 0 Å². The Morgan fingerprint density at radius 2 is 1.51 bits per heavy atom. The number of rotatable bonds is 11. The summed E-state index contributed by atoms with van der Waals surface area (Å²) >= 11 is 0. The van der Waals surface area contributed by atoms with Gasteiger partial charge in [0.05, 0.1) is 54.2 Å². The predicted octanol–water partition coefficient (Wildman–Crippen LogP) is 3.65. The number of aliphatic hydroxyl groups excluding tert-OH is 2. The van der Waals surface area contributed by atoms with E-state index < -0.39 is 102 Å². The zero-order valence-corrected chi connectivity index (χ0v) is 35.9. The molecule has 0 aromatic heterocycles. The average molecular weight is 788 g/mol. The molecule has 18 atom stereocenters. The topological polar surface area (TPSA) is 172 Å². The van der Waals surface area contributed by atoms with Crippen molar-refractivity contribution in [2.45, 2.75) is 179 Å². The lowest BCUT2D eigenvalue weighted by molar-refractivity contribution is -0.321. The van der Waals surface area contributed by atoms with E-state index in [-0.39, 0.29) is 37.2 Å². The van der Waals surface area contributed by atoms with E-state index in [1.54, 1.807) is 40.9 Å². The van der Waals surface area contributed by atoms with E-state index in [1.807, 2.05) is 53.6 Å². The summed E-state index contributed by atoms with van der Waals surface area (Å²) in [5.74, 6) is -4.40. The van der Waals surface area contributed by atoms with Crippen molar-refractivity contribution in [1.29, 1.82) is 0 Å². The highest BCUT2D eigenvalue weighted by atomic mass is 16.7. The van der Waals surface area contributed by atoms with E-state index in [0.29, 0.717) is 13.0 Å². The molecule has 55 heavy (non-hydrogen) atoms. The number of ether oxygens (including phenoxy) is 8. The summed E-state index contributed by atoms with van der Waals surface area (Å²) in [7, 11) is 6.90. The van der Waals surface area contributed by atoms with E-state index in [4.69, 9.17) is 37.9 Å². The minimum absolute atomic E-state index is 0.121. The molecule has 3 aliphatic heterocycles. The Bertz CT molecular complexity index is 1270. The largest absolute Gasteiger partial charge is 0.459 e. The van der Waals surface area contributed by atoms with Crippen LogP contribution in [0.4, 0.5) is 0 Å². The van der Waals surface area contributed by atoms with Crippen molar-refractivity contribution in [3.63, 3.8) is 0 Å². The van der Waals surface area contributed by atoms with E-state index >= 15 is 0 Å². The molecule has 3 heterocycles. The Balaban J connectivity index is 2.22. The number of aliphatic hydroxyl groups is 3. The van der Waals surface area contributed by atoms with Gasteiger partial charge in [-0.3, -0.25) is 9.59 Å². The third kappa shape index (κ3) is 10.6. The molecule has 1 unspecified atom stereocenters. The number of hydrogen-bond donors (Lipinski definition) is 3. The Kier molecular flexibility index (Phi) is 16.9. The minimum atomic E-state index is -1.96. The first kappa shape index (κ1) is 47.8. The molecule has 14 heteroatoms. The van der Waals surface area contributed by atoms with Crippen molar-refractivity contribution in [1.82, 2.24) is 4.90 Å².